The zero-order valence-electron chi connectivity index (χ0n) is 39.7. The number of aliphatic hydroxyl groups is 2. The first-order valence-corrected chi connectivity index (χ1v) is 22.5. The quantitative estimate of drug-likeness (QED) is 0.137. The van der Waals surface area contributed by atoms with Crippen LogP contribution in [-0.2, 0) is 23.8 Å². The van der Waals surface area contributed by atoms with Crippen LogP contribution in [-0.4, -0.2) is 98.5 Å². The summed E-state index contributed by atoms with van der Waals surface area (Å²) in [5.41, 5.74) is 3.84. The molecule has 5 bridgehead atoms. The van der Waals surface area contributed by atoms with Gasteiger partial charge >= 0.3 is 11.8 Å². The Bertz CT molecular complexity index is 2660. The van der Waals surface area contributed by atoms with Gasteiger partial charge in [0.2, 0.25) is 0 Å². The minimum atomic E-state index is -2.06. The number of methoxy groups -OCH3 is 1. The Morgan fingerprint density at radius 3 is 2.24 bits per heavy atom. The number of esters is 1. The van der Waals surface area contributed by atoms with E-state index in [4.69, 9.17) is 18.9 Å². The third-order valence-electron chi connectivity index (χ3n) is 13.5. The Labute approximate surface area is 385 Å². The molecule has 5 N–H and O–H groups in total. The normalized spacial score (nSPS) is 29.4. The van der Waals surface area contributed by atoms with Gasteiger partial charge in [-0.1, -0.05) is 63.6 Å². The molecule has 354 valence electrons. The number of carbonyl (C=O) groups excluding carboxylic acids is 3. The fourth-order valence-electron chi connectivity index (χ4n) is 9.35. The largest absolute Gasteiger partial charge is 0.507 e. The molecule has 0 aromatic heterocycles. The Balaban J connectivity index is 1.64. The molecule has 0 aliphatic carbocycles. The molecule has 4 aliphatic rings. The van der Waals surface area contributed by atoms with E-state index in [0.29, 0.717) is 0 Å². The molecule has 9 atom stereocenters. The van der Waals surface area contributed by atoms with E-state index in [1.807, 2.05) is 26.0 Å². The van der Waals surface area contributed by atoms with Crippen LogP contribution in [0.1, 0.15) is 93.9 Å². The van der Waals surface area contributed by atoms with Crippen LogP contribution in [0.2, 0.25) is 0 Å². The summed E-state index contributed by atoms with van der Waals surface area (Å²) in [4.78, 5) is 47.7. The number of phenolic OH excluding ortho intramolecular Hbond substituents is 3. The van der Waals surface area contributed by atoms with Gasteiger partial charge in [0.05, 0.1) is 35.5 Å². The van der Waals surface area contributed by atoms with Gasteiger partial charge in [-0.15, -0.1) is 0 Å². The van der Waals surface area contributed by atoms with E-state index >= 15 is 0 Å². The maximum absolute atomic E-state index is 14.7. The second kappa shape index (κ2) is 19.9. The number of ketones is 1. The standard InChI is InChI=1S/C52H64N2O12/c1-26-17-18-27(2)36(25-26)37(54-22-12-13-23-54)20-19-35-42-47(60)40-39(46(35)59)41-49(33(8)45(40)58)66-52(10,50(41)61)64-24-21-38(63-11)30(5)48(65-34(9)55)32(7)44(57)31(6)43(56)28(3)15-14-16-29(4)51(62)53-42/h14-21,24-25,28,30-32,38,43-44,48,56-60H,12-13,22-23H2,1-11H3/b15-14-,24-21?,29-16-,35-19+,37-20-,53-42?/t28-,30+,31+,32+,38-,43-,44+,48+,52-/m0/s1. The number of Topliss-reactive ketones (excluding diaryl/α,β-unsaturated/α-hetero) is 1. The molecule has 1 fully saturated rings. The highest BCUT2D eigenvalue weighted by atomic mass is 16.7. The number of likely N-dealkylation sites (tertiary alicyclic amines) is 1. The zero-order chi connectivity index (χ0) is 48.5. The Morgan fingerprint density at radius 1 is 0.909 bits per heavy atom. The van der Waals surface area contributed by atoms with Gasteiger partial charge in [0.1, 0.15) is 28.7 Å². The van der Waals surface area contributed by atoms with Crippen LogP contribution in [0.15, 0.2) is 65.4 Å². The third-order valence-corrected chi connectivity index (χ3v) is 13.5. The molecule has 1 saturated heterocycles. The summed E-state index contributed by atoms with van der Waals surface area (Å²) in [6, 6.07) is 6.13. The first-order chi connectivity index (χ1) is 31.1. The minimum Gasteiger partial charge on any atom is -0.507 e. The Morgan fingerprint density at radius 2 is 1.59 bits per heavy atom. The molecule has 66 heavy (non-hydrogen) atoms. The van der Waals surface area contributed by atoms with E-state index in [0.717, 1.165) is 48.3 Å². The predicted octanol–water partition coefficient (Wildman–Crippen LogP) is 6.50. The molecule has 0 spiro atoms. The molecule has 4 aliphatic heterocycles. The van der Waals surface area contributed by atoms with Crippen molar-refractivity contribution in [3.05, 3.63) is 98.8 Å². The molecule has 0 unspecified atom stereocenters. The number of nitrogens with zero attached hydrogens (tertiary/aromatic N) is 2. The number of phenols is 3. The van der Waals surface area contributed by atoms with Gasteiger partial charge < -0.3 is 49.4 Å². The van der Waals surface area contributed by atoms with Crippen molar-refractivity contribution in [2.75, 3.05) is 20.2 Å². The fourth-order valence-corrected chi connectivity index (χ4v) is 9.35. The lowest BCUT2D eigenvalue weighted by molar-refractivity contribution is -0.160. The van der Waals surface area contributed by atoms with E-state index in [2.05, 4.69) is 16.0 Å². The summed E-state index contributed by atoms with van der Waals surface area (Å²) in [6.45, 7) is 18.1. The molecular weight excluding hydrogens is 845 g/mol. The van der Waals surface area contributed by atoms with Gasteiger partial charge in [-0.2, -0.15) is 0 Å². The number of aryl methyl sites for hydroxylation is 2. The van der Waals surface area contributed by atoms with E-state index in [1.54, 1.807) is 52.0 Å². The molecular formula is C52H64N2O12. The van der Waals surface area contributed by atoms with E-state index in [-0.39, 0.29) is 43.8 Å². The van der Waals surface area contributed by atoms with Crippen molar-refractivity contribution in [3.8, 4) is 23.0 Å². The summed E-state index contributed by atoms with van der Waals surface area (Å²) in [7, 11) is 1.44. The van der Waals surface area contributed by atoms with E-state index in [1.165, 1.54) is 53.2 Å². The molecule has 4 heterocycles. The number of ether oxygens (including phenoxy) is 4. The van der Waals surface area contributed by atoms with Crippen LogP contribution in [0.5, 0.6) is 23.0 Å². The summed E-state index contributed by atoms with van der Waals surface area (Å²) >= 11 is 0. The van der Waals surface area contributed by atoms with Gasteiger partial charge in [0.25, 0.3) is 11.7 Å². The second-order valence-corrected chi connectivity index (χ2v) is 18.3. The number of aliphatic hydroxyl groups excluding tert-OH is 2. The van der Waals surface area contributed by atoms with Crippen molar-refractivity contribution < 1.29 is 58.9 Å². The second-order valence-electron chi connectivity index (χ2n) is 18.3. The van der Waals surface area contributed by atoms with Crippen molar-refractivity contribution in [1.82, 2.24) is 4.90 Å². The average Bonchev–Trinajstić information content (AvgIpc) is 3.91. The van der Waals surface area contributed by atoms with Crippen LogP contribution < -0.4 is 15.3 Å². The number of hydrogen-bond acceptors (Lipinski definition) is 13. The summed E-state index contributed by atoms with van der Waals surface area (Å²) in [5.74, 6) is -8.54. The molecule has 14 heteroatoms. The molecule has 3 aromatic rings. The third kappa shape index (κ3) is 9.49. The monoisotopic (exact) mass is 908 g/mol. The first-order valence-electron chi connectivity index (χ1n) is 22.5. The van der Waals surface area contributed by atoms with Crippen LogP contribution in [0, 0.1) is 44.4 Å². The number of fused-ring (bicyclic) bond motifs is 14. The fraction of sp³-hybridized carbons (Fsp3) is 0.462. The number of hydrogen-bond donors (Lipinski definition) is 5. The Kier molecular flexibility index (Phi) is 14.9. The number of benzene rings is 3. The molecule has 7 rings (SSSR count). The van der Waals surface area contributed by atoms with Gasteiger partial charge in [0, 0.05) is 90.7 Å². The molecule has 0 saturated carbocycles. The van der Waals surface area contributed by atoms with Gasteiger partial charge in [-0.05, 0) is 70.4 Å². The molecule has 14 nitrogen and oxygen atoms in total. The first kappa shape index (κ1) is 49.5. The highest BCUT2D eigenvalue weighted by Crippen LogP contribution is 2.50. The number of aromatic hydroxyl groups is 3. The van der Waals surface area contributed by atoms with E-state index < -0.39 is 88.8 Å². The van der Waals surface area contributed by atoms with Crippen molar-refractivity contribution >= 4 is 40.2 Å². The predicted molar refractivity (Wildman–Crippen MR) is 250 cm³/mol. The van der Waals surface area contributed by atoms with E-state index in [9.17, 15) is 39.9 Å². The lowest BCUT2D eigenvalue weighted by Crippen LogP contribution is -2.46. The van der Waals surface area contributed by atoms with Crippen LogP contribution in [0.3, 0.4) is 0 Å². The van der Waals surface area contributed by atoms with Gasteiger partial charge in [0.15, 0.2) is 5.75 Å². The lowest BCUT2D eigenvalue weighted by Gasteiger charge is -2.38. The SMILES string of the molecule is CO[C@H]1C=CO[C@@]2(C)Oc3c(C)c(O)c4c(O)c(/c(=C\C=C(\c5cc(C)ccc5C)N5CCCC5)c(O)c4c3C2=O)=NC(=O)/C(C)=C\C=C/[C@H](C)[C@H](O)[C@@H](C)[C@@H](O)[C@@H](C)[C@H](OC(C)=O)[C@@H]1C. The minimum absolute atomic E-state index is 0.0504. The highest BCUT2D eigenvalue weighted by Gasteiger charge is 2.49. The topological polar surface area (TPSA) is 205 Å². The van der Waals surface area contributed by atoms with Crippen molar-refractivity contribution in [3.63, 3.8) is 0 Å². The number of allylic oxidation sites excluding steroid dienone is 3. The van der Waals surface area contributed by atoms with Gasteiger partial charge in [-0.3, -0.25) is 14.4 Å². The zero-order valence-corrected chi connectivity index (χ0v) is 39.7. The average molecular weight is 909 g/mol. The summed E-state index contributed by atoms with van der Waals surface area (Å²) in [5, 5.41) is 58.5. The maximum atomic E-state index is 14.7. The molecule has 1 amide bonds. The van der Waals surface area contributed by atoms with Gasteiger partial charge in [-0.25, -0.2) is 4.99 Å². The molecule has 3 aromatic carbocycles. The number of amides is 1. The van der Waals surface area contributed by atoms with Crippen LogP contribution in [0.25, 0.3) is 22.5 Å². The smallest absolute Gasteiger partial charge is 0.312 e. The summed E-state index contributed by atoms with van der Waals surface area (Å²) in [6.07, 6.45) is 8.84. The van der Waals surface area contributed by atoms with Crippen molar-refractivity contribution in [2.24, 2.45) is 28.7 Å². The maximum Gasteiger partial charge on any atom is 0.312 e. The van der Waals surface area contributed by atoms with Crippen molar-refractivity contribution in [1.29, 1.82) is 0 Å². The van der Waals surface area contributed by atoms with Crippen molar-refractivity contribution in [2.45, 2.75) is 112 Å². The lowest BCUT2D eigenvalue weighted by atomic mass is 9.78. The van der Waals surface area contributed by atoms with Crippen LogP contribution in [0.4, 0.5) is 0 Å². The molecule has 0 radical (unpaired) electrons. The summed E-state index contributed by atoms with van der Waals surface area (Å²) < 4.78 is 23.8. The van der Waals surface area contributed by atoms with Crippen LogP contribution >= 0.6 is 0 Å². The highest BCUT2D eigenvalue weighted by molar-refractivity contribution is 6.20. The number of rotatable bonds is 5. The number of carbonyl (C=O) groups is 3. The Hall–Kier alpha value is -5.96.